The van der Waals surface area contributed by atoms with Gasteiger partial charge < -0.3 is 28.5 Å². The van der Waals surface area contributed by atoms with Crippen LogP contribution >= 0.6 is 7.82 Å². The summed E-state index contributed by atoms with van der Waals surface area (Å²) in [6, 6.07) is -0.913. The molecule has 0 rings (SSSR count). The lowest BCUT2D eigenvalue weighted by Crippen LogP contribution is -2.47. The molecule has 0 aromatic rings. The monoisotopic (exact) mass is 1030 g/mol. The number of hydrogen-bond acceptors (Lipinski definition) is 7. The first kappa shape index (κ1) is 69.2. The van der Waals surface area contributed by atoms with E-state index in [9.17, 15) is 19.0 Å². The third-order valence-electron chi connectivity index (χ3n) is 12.6. The van der Waals surface area contributed by atoms with Gasteiger partial charge in [0, 0.05) is 12.8 Å². The lowest BCUT2D eigenvalue weighted by atomic mass is 10.0. The van der Waals surface area contributed by atoms with Gasteiger partial charge in [-0.25, -0.2) is 0 Å². The summed E-state index contributed by atoms with van der Waals surface area (Å²) in [7, 11) is 1.15. The first-order chi connectivity index (χ1) is 34.9. The summed E-state index contributed by atoms with van der Waals surface area (Å²) in [4.78, 5) is 39.9. The summed E-state index contributed by atoms with van der Waals surface area (Å²) in [5, 5.41) is 3.00. The number of likely N-dealkylation sites (N-methyl/N-ethyl adjacent to an activating group) is 1. The number of nitrogens with one attached hydrogen (secondary N) is 1. The molecule has 0 saturated carbocycles. The topological polar surface area (TPSA) is 114 Å². The maximum Gasteiger partial charge on any atom is 0.306 e. The molecule has 0 aliphatic heterocycles. The number of carbonyl (C=O) groups excluding carboxylic acids is 2. The lowest BCUT2D eigenvalue weighted by Gasteiger charge is -2.30. The third-order valence-corrected chi connectivity index (χ3v) is 13.5. The van der Waals surface area contributed by atoms with Gasteiger partial charge in [-0.05, 0) is 102 Å². The molecule has 3 unspecified atom stereocenters. The van der Waals surface area contributed by atoms with E-state index >= 15 is 0 Å². The molecule has 1 amide bonds. The van der Waals surface area contributed by atoms with Crippen LogP contribution in [0.3, 0.4) is 0 Å². The van der Waals surface area contributed by atoms with Crippen molar-refractivity contribution in [1.29, 1.82) is 0 Å². The first-order valence-corrected chi connectivity index (χ1v) is 30.9. The van der Waals surface area contributed by atoms with Crippen molar-refractivity contribution in [2.45, 2.75) is 258 Å². The van der Waals surface area contributed by atoms with Gasteiger partial charge in [0.25, 0.3) is 7.82 Å². The summed E-state index contributed by atoms with van der Waals surface area (Å²) in [5.74, 6) is -0.599. The van der Waals surface area contributed by atoms with Crippen molar-refractivity contribution in [2.75, 3.05) is 40.9 Å². The van der Waals surface area contributed by atoms with Gasteiger partial charge in [-0.3, -0.25) is 14.2 Å². The molecule has 0 fully saturated rings. The Kier molecular flexibility index (Phi) is 49.6. The van der Waals surface area contributed by atoms with Gasteiger partial charge in [-0.1, -0.05) is 215 Å². The van der Waals surface area contributed by atoms with Crippen LogP contribution in [0.2, 0.25) is 0 Å². The predicted molar refractivity (Wildman–Crippen MR) is 307 cm³/mol. The number of quaternary nitrogens is 1. The van der Waals surface area contributed by atoms with E-state index in [4.69, 9.17) is 13.8 Å². The third kappa shape index (κ3) is 52.1. The van der Waals surface area contributed by atoms with Crippen molar-refractivity contribution < 1.29 is 37.3 Å². The number of ether oxygens (including phenoxy) is 1. The highest BCUT2D eigenvalue weighted by Gasteiger charge is 2.27. The Morgan fingerprint density at radius 3 is 1.35 bits per heavy atom. The zero-order chi connectivity index (χ0) is 52.9. The Morgan fingerprint density at radius 2 is 0.889 bits per heavy atom. The Bertz CT molecular complexity index is 1510. The fourth-order valence-corrected chi connectivity index (χ4v) is 8.74. The van der Waals surface area contributed by atoms with E-state index < -0.39 is 26.6 Å². The van der Waals surface area contributed by atoms with Crippen LogP contribution in [0.4, 0.5) is 0 Å². The van der Waals surface area contributed by atoms with E-state index in [2.05, 4.69) is 99.0 Å². The van der Waals surface area contributed by atoms with E-state index in [0.29, 0.717) is 23.9 Å². The molecular formula is C62H111N2O7P. The number of carbonyl (C=O) groups is 2. The van der Waals surface area contributed by atoms with Crippen LogP contribution in [0.5, 0.6) is 0 Å². The molecule has 416 valence electrons. The van der Waals surface area contributed by atoms with Gasteiger partial charge in [0.1, 0.15) is 19.3 Å². The maximum atomic E-state index is 13.5. The second-order valence-electron chi connectivity index (χ2n) is 20.8. The molecule has 0 spiro atoms. The summed E-state index contributed by atoms with van der Waals surface area (Å²) in [6.07, 6.45) is 66.9. The normalized spacial score (nSPS) is 14.4. The van der Waals surface area contributed by atoms with Crippen molar-refractivity contribution >= 4 is 19.7 Å². The molecule has 9 nitrogen and oxygen atoms in total. The average Bonchev–Trinajstić information content (AvgIpc) is 3.34. The van der Waals surface area contributed by atoms with Crippen molar-refractivity contribution in [3.63, 3.8) is 0 Å². The van der Waals surface area contributed by atoms with Crippen molar-refractivity contribution in [3.8, 4) is 0 Å². The molecule has 0 radical (unpaired) electrons. The van der Waals surface area contributed by atoms with Crippen LogP contribution in [0.15, 0.2) is 85.1 Å². The van der Waals surface area contributed by atoms with Gasteiger partial charge in [-0.15, -0.1) is 0 Å². The van der Waals surface area contributed by atoms with Gasteiger partial charge >= 0.3 is 5.97 Å². The fraction of sp³-hybridized carbons (Fsp3) is 0.742. The second-order valence-corrected chi connectivity index (χ2v) is 22.2. The van der Waals surface area contributed by atoms with E-state index in [1.54, 1.807) is 0 Å². The van der Waals surface area contributed by atoms with E-state index in [1.807, 2.05) is 33.3 Å². The first-order valence-electron chi connectivity index (χ1n) is 29.4. The number of phosphoric acid groups is 1. The lowest BCUT2D eigenvalue weighted by molar-refractivity contribution is -0.870. The highest BCUT2D eigenvalue weighted by molar-refractivity contribution is 7.45. The number of amides is 1. The number of phosphoric ester groups is 1. The zero-order valence-corrected chi connectivity index (χ0v) is 48.3. The van der Waals surface area contributed by atoms with Crippen molar-refractivity contribution in [3.05, 3.63) is 85.1 Å². The minimum Gasteiger partial charge on any atom is -0.756 e. The smallest absolute Gasteiger partial charge is 0.306 e. The molecule has 10 heteroatoms. The molecule has 0 aliphatic carbocycles. The number of rotatable bonds is 52. The van der Waals surface area contributed by atoms with Crippen LogP contribution in [-0.4, -0.2) is 69.4 Å². The van der Waals surface area contributed by atoms with Gasteiger partial charge in [-0.2, -0.15) is 0 Å². The minimum absolute atomic E-state index is 0.0338. The SMILES string of the molecule is CC/C=C\C/C=C\C/C=C\C/C=C\C/C=C\CCCCCC(=O)OC(/C=C/CCCCCCCCCCCCC)C(COP(=O)([O-])OCC[N+](C)(C)C)NC(=O)CCCCC/C=C\CCCCCCCCC. The van der Waals surface area contributed by atoms with Gasteiger partial charge in [0.2, 0.25) is 5.91 Å². The maximum absolute atomic E-state index is 13.5. The molecule has 0 saturated heterocycles. The van der Waals surface area contributed by atoms with Crippen LogP contribution < -0.4 is 10.2 Å². The molecule has 72 heavy (non-hydrogen) atoms. The number of hydrogen-bond donors (Lipinski definition) is 1. The highest BCUT2D eigenvalue weighted by Crippen LogP contribution is 2.38. The summed E-state index contributed by atoms with van der Waals surface area (Å²) in [6.45, 7) is 6.68. The van der Waals surface area contributed by atoms with Gasteiger partial charge in [0.05, 0.1) is 33.8 Å². The molecule has 0 aliphatic rings. The van der Waals surface area contributed by atoms with E-state index in [1.165, 1.54) is 103 Å². The Morgan fingerprint density at radius 1 is 0.500 bits per heavy atom. The van der Waals surface area contributed by atoms with Gasteiger partial charge in [0.15, 0.2) is 0 Å². The molecule has 0 bridgehead atoms. The zero-order valence-electron chi connectivity index (χ0n) is 47.4. The standard InChI is InChI=1S/C62H111N2O7P/c1-7-10-13-16-19-22-25-28-30-31-32-33-34-37-40-43-46-49-52-55-62(66)71-60(53-50-47-44-41-38-35-27-24-21-18-15-12-9-3)59(58-70-72(67,68)69-57-56-64(4,5)6)63-61(65)54-51-48-45-42-39-36-29-26-23-20-17-14-11-8-2/h10,13,19,22,28,30,32-33,36-37,39-40,50,53,59-60H,7-9,11-12,14-18,20-21,23-27,29,31,34-35,38,41-49,51-52,54-58H2,1-6H3,(H-,63,65,67,68)/b13-10-,22-19-,30-28-,33-32-,39-36-,40-37-,53-50+. The van der Waals surface area contributed by atoms with Crippen LogP contribution in [0.25, 0.3) is 0 Å². The van der Waals surface area contributed by atoms with Crippen molar-refractivity contribution in [1.82, 2.24) is 5.32 Å². The number of unbranched alkanes of at least 4 members (excludes halogenated alkanes) is 24. The molecular weight excluding hydrogens is 916 g/mol. The Labute approximate surface area is 444 Å². The van der Waals surface area contributed by atoms with Crippen molar-refractivity contribution in [2.24, 2.45) is 0 Å². The molecule has 0 aromatic heterocycles. The quantitative estimate of drug-likeness (QED) is 0.0212. The van der Waals surface area contributed by atoms with Crippen LogP contribution in [-0.2, 0) is 27.9 Å². The van der Waals surface area contributed by atoms with E-state index in [0.717, 1.165) is 96.3 Å². The molecule has 0 heterocycles. The average molecular weight is 1030 g/mol. The molecule has 1 N–H and O–H groups in total. The Balaban J connectivity index is 5.43. The fourth-order valence-electron chi connectivity index (χ4n) is 8.01. The molecule has 3 atom stereocenters. The molecule has 0 aromatic carbocycles. The second kappa shape index (κ2) is 51.7. The number of allylic oxidation sites excluding steroid dienone is 13. The van der Waals surface area contributed by atoms with E-state index in [-0.39, 0.29) is 31.3 Å². The Hall–Kier alpha value is -2.81. The summed E-state index contributed by atoms with van der Waals surface area (Å²) >= 11 is 0. The largest absolute Gasteiger partial charge is 0.756 e. The minimum atomic E-state index is -4.71. The number of esters is 1. The van der Waals surface area contributed by atoms with Crippen LogP contribution in [0.1, 0.15) is 245 Å². The summed E-state index contributed by atoms with van der Waals surface area (Å²) < 4.78 is 30.2. The summed E-state index contributed by atoms with van der Waals surface area (Å²) in [5.41, 5.74) is 0. The predicted octanol–water partition coefficient (Wildman–Crippen LogP) is 17.2. The number of nitrogens with zero attached hydrogens (tertiary/aromatic N) is 1. The highest BCUT2D eigenvalue weighted by atomic mass is 31.2. The van der Waals surface area contributed by atoms with Crippen LogP contribution in [0, 0.1) is 0 Å².